The molecule has 0 N–H and O–H groups in total. The summed E-state index contributed by atoms with van der Waals surface area (Å²) in [4.78, 5) is 30.4. The largest absolute Gasteiger partial charge is 0.462 e. The zero-order valence-corrected chi connectivity index (χ0v) is 13.0. The van der Waals surface area contributed by atoms with Crippen molar-refractivity contribution in [1.82, 2.24) is 4.98 Å². The van der Waals surface area contributed by atoms with E-state index in [-0.39, 0.29) is 11.9 Å². The summed E-state index contributed by atoms with van der Waals surface area (Å²) in [6.45, 7) is 2.78. The topological polar surface area (TPSA) is 59.5 Å². The molecule has 1 amide bonds. The lowest BCUT2D eigenvalue weighted by atomic mass is 9.99. The van der Waals surface area contributed by atoms with Crippen LogP contribution in [0.2, 0.25) is 0 Å². The van der Waals surface area contributed by atoms with Gasteiger partial charge in [-0.25, -0.2) is 4.79 Å². The van der Waals surface area contributed by atoms with Crippen molar-refractivity contribution in [3.63, 3.8) is 0 Å². The van der Waals surface area contributed by atoms with Crippen molar-refractivity contribution in [2.75, 3.05) is 18.1 Å². The van der Waals surface area contributed by atoms with E-state index in [1.54, 1.807) is 42.3 Å². The van der Waals surface area contributed by atoms with E-state index in [2.05, 4.69) is 4.98 Å². The lowest BCUT2D eigenvalue weighted by Crippen LogP contribution is -2.36. The van der Waals surface area contributed by atoms with Gasteiger partial charge in [-0.05, 0) is 55.7 Å². The number of pyridine rings is 1. The van der Waals surface area contributed by atoms with Crippen LogP contribution in [0.25, 0.3) is 0 Å². The molecule has 0 bridgehead atoms. The summed E-state index contributed by atoms with van der Waals surface area (Å²) in [6, 6.07) is 10.7. The number of hydrogen-bond acceptors (Lipinski definition) is 4. The second-order valence-corrected chi connectivity index (χ2v) is 5.34. The quantitative estimate of drug-likeness (QED) is 0.818. The molecule has 1 aromatic carbocycles. The van der Waals surface area contributed by atoms with Gasteiger partial charge in [0.1, 0.15) is 5.69 Å². The van der Waals surface area contributed by atoms with Crippen molar-refractivity contribution in [3.05, 3.63) is 59.4 Å². The van der Waals surface area contributed by atoms with Crippen LogP contribution >= 0.6 is 0 Å². The Bertz CT molecular complexity index is 728. The Morgan fingerprint density at radius 3 is 2.87 bits per heavy atom. The molecule has 5 nitrogen and oxygen atoms in total. The van der Waals surface area contributed by atoms with E-state index < -0.39 is 0 Å². The van der Waals surface area contributed by atoms with Gasteiger partial charge in [0, 0.05) is 18.4 Å². The van der Waals surface area contributed by atoms with Gasteiger partial charge < -0.3 is 9.64 Å². The Hall–Kier alpha value is -2.69. The first kappa shape index (κ1) is 15.2. The summed E-state index contributed by atoms with van der Waals surface area (Å²) < 4.78 is 5.03. The smallest absolute Gasteiger partial charge is 0.338 e. The molecular weight excluding hydrogens is 292 g/mol. The number of carbonyl (C=O) groups excluding carboxylic acids is 2. The van der Waals surface area contributed by atoms with Crippen LogP contribution < -0.4 is 4.90 Å². The van der Waals surface area contributed by atoms with Gasteiger partial charge in [-0.2, -0.15) is 0 Å². The number of aryl methyl sites for hydroxylation is 1. The molecule has 2 heterocycles. The number of ether oxygens (including phenoxy) is 1. The van der Waals surface area contributed by atoms with Crippen LogP contribution in [0.3, 0.4) is 0 Å². The van der Waals surface area contributed by atoms with E-state index in [1.807, 2.05) is 12.1 Å². The molecule has 1 aromatic heterocycles. The number of nitrogens with zero attached hydrogens (tertiary/aromatic N) is 2. The van der Waals surface area contributed by atoms with Crippen LogP contribution in [0.5, 0.6) is 0 Å². The molecule has 1 aliphatic heterocycles. The predicted octanol–water partition coefficient (Wildman–Crippen LogP) is 2.85. The highest BCUT2D eigenvalue weighted by Crippen LogP contribution is 2.29. The van der Waals surface area contributed by atoms with E-state index >= 15 is 0 Å². The summed E-state index contributed by atoms with van der Waals surface area (Å²) in [5.74, 6) is -0.445. The Kier molecular flexibility index (Phi) is 4.37. The molecule has 118 valence electrons. The third kappa shape index (κ3) is 3.08. The molecule has 23 heavy (non-hydrogen) atoms. The van der Waals surface area contributed by atoms with Crippen molar-refractivity contribution < 1.29 is 14.3 Å². The van der Waals surface area contributed by atoms with E-state index in [9.17, 15) is 9.59 Å². The van der Waals surface area contributed by atoms with E-state index in [1.165, 1.54) is 0 Å². The molecule has 0 unspecified atom stereocenters. The third-order valence-electron chi connectivity index (χ3n) is 3.84. The molecule has 0 saturated heterocycles. The number of fused-ring (bicyclic) bond motifs is 1. The highest BCUT2D eigenvalue weighted by Gasteiger charge is 2.25. The minimum absolute atomic E-state index is 0.115. The van der Waals surface area contributed by atoms with Gasteiger partial charge in [-0.1, -0.05) is 6.07 Å². The fourth-order valence-electron chi connectivity index (χ4n) is 2.78. The van der Waals surface area contributed by atoms with Crippen molar-refractivity contribution in [2.45, 2.75) is 19.8 Å². The second-order valence-electron chi connectivity index (χ2n) is 5.34. The first-order valence-electron chi connectivity index (χ1n) is 7.73. The maximum absolute atomic E-state index is 12.7. The summed E-state index contributed by atoms with van der Waals surface area (Å²) in [6.07, 6.45) is 3.31. The molecule has 0 fully saturated rings. The first-order valence-corrected chi connectivity index (χ1v) is 7.73. The van der Waals surface area contributed by atoms with Gasteiger partial charge in [-0.15, -0.1) is 0 Å². The average Bonchev–Trinajstić information content (AvgIpc) is 2.61. The molecule has 0 radical (unpaired) electrons. The third-order valence-corrected chi connectivity index (χ3v) is 3.84. The molecule has 2 aromatic rings. The lowest BCUT2D eigenvalue weighted by molar-refractivity contribution is 0.0526. The number of anilines is 1. The van der Waals surface area contributed by atoms with Gasteiger partial charge in [0.15, 0.2) is 0 Å². The van der Waals surface area contributed by atoms with Crippen molar-refractivity contribution in [2.24, 2.45) is 0 Å². The van der Waals surface area contributed by atoms with Gasteiger partial charge in [0.2, 0.25) is 0 Å². The molecule has 5 heteroatoms. The summed E-state index contributed by atoms with van der Waals surface area (Å²) in [5, 5.41) is 0. The monoisotopic (exact) mass is 310 g/mol. The molecule has 1 aliphatic rings. The molecule has 0 aliphatic carbocycles. The van der Waals surface area contributed by atoms with Crippen LogP contribution in [0.4, 0.5) is 5.69 Å². The highest BCUT2D eigenvalue weighted by molar-refractivity contribution is 6.05. The molecule has 0 saturated carbocycles. The van der Waals surface area contributed by atoms with Crippen LogP contribution in [0, 0.1) is 0 Å². The lowest BCUT2D eigenvalue weighted by Gasteiger charge is -2.29. The maximum atomic E-state index is 12.7. The molecule has 3 rings (SSSR count). The summed E-state index contributed by atoms with van der Waals surface area (Å²) >= 11 is 0. The number of esters is 1. The number of carbonyl (C=O) groups is 2. The Balaban J connectivity index is 1.91. The van der Waals surface area contributed by atoms with Crippen LogP contribution in [-0.2, 0) is 11.2 Å². The minimum Gasteiger partial charge on any atom is -0.462 e. The number of rotatable bonds is 3. The standard InChI is InChI=1S/C18H18N2O3/c1-2-23-18(22)14-8-9-16-13(12-14)6-5-11-20(16)17(21)15-7-3-4-10-19-15/h3-4,7-10,12H,2,5-6,11H2,1H3. The summed E-state index contributed by atoms with van der Waals surface area (Å²) in [7, 11) is 0. The van der Waals surface area contributed by atoms with E-state index in [0.717, 1.165) is 24.1 Å². The van der Waals surface area contributed by atoms with Crippen LogP contribution in [0.15, 0.2) is 42.6 Å². The number of hydrogen-bond donors (Lipinski definition) is 0. The predicted molar refractivity (Wildman–Crippen MR) is 86.6 cm³/mol. The van der Waals surface area contributed by atoms with Crippen molar-refractivity contribution in [3.8, 4) is 0 Å². The first-order chi connectivity index (χ1) is 11.2. The van der Waals surface area contributed by atoms with Crippen LogP contribution in [-0.4, -0.2) is 30.0 Å². The Labute approximate surface area is 134 Å². The number of amides is 1. The van der Waals surface area contributed by atoms with Crippen LogP contribution in [0.1, 0.15) is 39.8 Å². The number of benzene rings is 1. The van der Waals surface area contributed by atoms with Gasteiger partial charge in [0.05, 0.1) is 12.2 Å². The van der Waals surface area contributed by atoms with Gasteiger partial charge in [0.25, 0.3) is 5.91 Å². The zero-order valence-electron chi connectivity index (χ0n) is 13.0. The zero-order chi connectivity index (χ0) is 16.2. The normalized spacial score (nSPS) is 13.3. The van der Waals surface area contributed by atoms with Crippen molar-refractivity contribution in [1.29, 1.82) is 0 Å². The second kappa shape index (κ2) is 6.60. The Morgan fingerprint density at radius 1 is 1.26 bits per heavy atom. The average molecular weight is 310 g/mol. The van der Waals surface area contributed by atoms with Gasteiger partial charge >= 0.3 is 5.97 Å². The fourth-order valence-corrected chi connectivity index (χ4v) is 2.78. The molecular formula is C18H18N2O3. The minimum atomic E-state index is -0.330. The Morgan fingerprint density at radius 2 is 2.13 bits per heavy atom. The highest BCUT2D eigenvalue weighted by atomic mass is 16.5. The van der Waals surface area contributed by atoms with E-state index in [0.29, 0.717) is 24.4 Å². The SMILES string of the molecule is CCOC(=O)c1ccc2c(c1)CCCN2C(=O)c1ccccn1. The summed E-state index contributed by atoms with van der Waals surface area (Å²) in [5.41, 5.74) is 2.79. The van der Waals surface area contributed by atoms with Gasteiger partial charge in [-0.3, -0.25) is 9.78 Å². The van der Waals surface area contributed by atoms with Crippen molar-refractivity contribution >= 4 is 17.6 Å². The van der Waals surface area contributed by atoms with E-state index in [4.69, 9.17) is 4.74 Å². The molecule has 0 spiro atoms. The maximum Gasteiger partial charge on any atom is 0.338 e. The molecule has 0 atom stereocenters. The fraction of sp³-hybridized carbons (Fsp3) is 0.278. The number of aromatic nitrogens is 1.